The van der Waals surface area contributed by atoms with Crippen LogP contribution in [0.2, 0.25) is 0 Å². The molecule has 0 saturated carbocycles. The average Bonchev–Trinajstić information content (AvgIpc) is 1.31. The van der Waals surface area contributed by atoms with E-state index < -0.39 is 9.65 Å². The summed E-state index contributed by atoms with van der Waals surface area (Å²) in [6.07, 6.45) is 0. The summed E-state index contributed by atoms with van der Waals surface area (Å²) in [5, 5.41) is 0. The minimum absolute atomic E-state index is 1.18. The lowest BCUT2D eigenvalue weighted by atomic mass is 10.9. The van der Waals surface area contributed by atoms with E-state index in [2.05, 4.69) is 0 Å². The molecule has 6 heavy (non-hydrogen) atoms. The number of alkyl halides is 4. The molecule has 0 nitrogen and oxygen atoms in total. The zero-order chi connectivity index (χ0) is 6.08. The van der Waals surface area contributed by atoms with Crippen molar-refractivity contribution in [2.75, 3.05) is 5.86 Å². The molecule has 0 N–H and O–H groups in total. The topological polar surface area (TPSA) is 0 Å². The summed E-state index contributed by atoms with van der Waals surface area (Å²) in [7, 11) is 0. The van der Waals surface area contributed by atoms with Gasteiger partial charge in [-0.3, -0.25) is 0 Å². The molecule has 0 rings (SSSR count). The maximum absolute atomic E-state index is 6.60. The van der Waals surface area contributed by atoms with Crippen molar-refractivity contribution >= 4 is 46.4 Å². The van der Waals surface area contributed by atoms with E-state index in [4.69, 9.17) is 47.8 Å². The molecule has 1 unspecified atom stereocenters. The van der Waals surface area contributed by atoms with Crippen LogP contribution in [0.4, 0.5) is 0 Å². The van der Waals surface area contributed by atoms with Crippen LogP contribution in [0.25, 0.3) is 0 Å². The van der Waals surface area contributed by atoms with Crippen LogP contribution >= 0.6 is 46.4 Å². The van der Waals surface area contributed by atoms with E-state index in [1.54, 1.807) is 0 Å². The molecule has 0 aliphatic heterocycles. The third-order valence-electron chi connectivity index (χ3n) is 0.124. The lowest BCUT2D eigenvalue weighted by Crippen LogP contribution is -2.01. The Morgan fingerprint density at radius 3 is 1.67 bits per heavy atom. The second-order valence-electron chi connectivity index (χ2n) is 0.651. The van der Waals surface area contributed by atoms with Crippen LogP contribution in [0.3, 0.4) is 0 Å². The Labute approximate surface area is 57.7 Å². The third-order valence-corrected chi connectivity index (χ3v) is 1.11. The van der Waals surface area contributed by atoms with E-state index in [0.717, 1.165) is 0 Å². The SMILES string of the molecule is [2H]C(Cl)C(Cl)(Cl)Cl. The van der Waals surface area contributed by atoms with Gasteiger partial charge in [0.15, 0.2) is 0 Å². The van der Waals surface area contributed by atoms with Gasteiger partial charge < -0.3 is 0 Å². The third kappa shape index (κ3) is 5.16. The first kappa shape index (κ1) is 5.30. The smallest absolute Gasteiger partial charge is 0.122 e. The summed E-state index contributed by atoms with van der Waals surface area (Å²) in [4.78, 5) is 0. The van der Waals surface area contributed by atoms with Gasteiger partial charge in [0, 0.05) is 1.37 Å². The molecule has 0 saturated heterocycles. The summed E-state index contributed by atoms with van der Waals surface area (Å²) in [6, 6.07) is 0. The van der Waals surface area contributed by atoms with Crippen LogP contribution in [-0.4, -0.2) is 9.65 Å². The van der Waals surface area contributed by atoms with E-state index in [1.807, 2.05) is 0 Å². The first-order valence-electron chi connectivity index (χ1n) is 1.65. The molecule has 0 fully saturated rings. The average molecular weight is 169 g/mol. The van der Waals surface area contributed by atoms with Crippen molar-refractivity contribution < 1.29 is 1.37 Å². The minimum atomic E-state index is -1.65. The van der Waals surface area contributed by atoms with Crippen LogP contribution in [-0.2, 0) is 0 Å². The van der Waals surface area contributed by atoms with Crippen molar-refractivity contribution in [3.8, 4) is 0 Å². The Morgan fingerprint density at radius 2 is 1.67 bits per heavy atom. The van der Waals surface area contributed by atoms with Gasteiger partial charge in [-0.25, -0.2) is 0 Å². The molecule has 0 amide bonds. The van der Waals surface area contributed by atoms with Gasteiger partial charge in [-0.1, -0.05) is 34.8 Å². The number of hydrogen-bond donors (Lipinski definition) is 0. The van der Waals surface area contributed by atoms with Crippen LogP contribution in [0.5, 0.6) is 0 Å². The second-order valence-corrected chi connectivity index (χ2v) is 3.24. The Morgan fingerprint density at radius 1 is 1.50 bits per heavy atom. The monoisotopic (exact) mass is 167 g/mol. The molecule has 0 spiro atoms. The molecule has 0 aromatic heterocycles. The highest BCUT2D eigenvalue weighted by molar-refractivity contribution is 6.69. The van der Waals surface area contributed by atoms with Crippen molar-refractivity contribution in [1.29, 1.82) is 0 Å². The van der Waals surface area contributed by atoms with Crippen LogP contribution in [0.1, 0.15) is 1.37 Å². The first-order valence-corrected chi connectivity index (χ1v) is 2.64. The normalized spacial score (nSPS) is 19.7. The molecule has 0 aromatic rings. The van der Waals surface area contributed by atoms with Gasteiger partial charge in [0.25, 0.3) is 0 Å². The summed E-state index contributed by atoms with van der Waals surface area (Å²) in [5.41, 5.74) is 0. The quantitative estimate of drug-likeness (QED) is 0.488. The standard InChI is InChI=1S/C2H2Cl4/c3-1-2(4,5)6/h1H2/i1D. The van der Waals surface area contributed by atoms with Gasteiger partial charge in [0.2, 0.25) is 3.79 Å². The molecule has 0 aliphatic rings. The molecule has 0 radical (unpaired) electrons. The fourth-order valence-electron chi connectivity index (χ4n) is 0. The van der Waals surface area contributed by atoms with Crippen molar-refractivity contribution in [3.05, 3.63) is 0 Å². The van der Waals surface area contributed by atoms with E-state index in [-0.39, 0.29) is 0 Å². The van der Waals surface area contributed by atoms with Gasteiger partial charge in [-0.2, -0.15) is 0 Å². The molecule has 0 aliphatic carbocycles. The Bertz CT molecular complexity index is 55.2. The predicted octanol–water partition coefficient (Wildman–Crippen LogP) is 2.60. The van der Waals surface area contributed by atoms with Crippen LogP contribution in [0.15, 0.2) is 0 Å². The van der Waals surface area contributed by atoms with Gasteiger partial charge in [-0.15, -0.1) is 11.6 Å². The van der Waals surface area contributed by atoms with Crippen molar-refractivity contribution in [2.45, 2.75) is 3.79 Å². The summed E-state index contributed by atoms with van der Waals surface area (Å²) >= 11 is 20.3. The van der Waals surface area contributed by atoms with E-state index in [9.17, 15) is 0 Å². The van der Waals surface area contributed by atoms with Crippen LogP contribution in [0, 0.1) is 0 Å². The lowest BCUT2D eigenvalue weighted by Gasteiger charge is -2.00. The summed E-state index contributed by atoms with van der Waals surface area (Å²) in [6.45, 7) is 0. The Balaban J connectivity index is 3.54. The molecule has 0 aromatic carbocycles. The van der Waals surface area contributed by atoms with E-state index in [0.29, 0.717) is 0 Å². The largest absolute Gasteiger partial charge is 0.203 e. The molecule has 0 bridgehead atoms. The summed E-state index contributed by atoms with van der Waals surface area (Å²) < 4.78 is 4.95. The highest BCUT2D eigenvalue weighted by Gasteiger charge is 2.16. The van der Waals surface area contributed by atoms with E-state index in [1.165, 1.54) is 0 Å². The highest BCUT2D eigenvalue weighted by Crippen LogP contribution is 2.26. The number of halogens is 4. The molecule has 38 valence electrons. The van der Waals surface area contributed by atoms with E-state index >= 15 is 0 Å². The predicted molar refractivity (Wildman–Crippen MR) is 31.0 cm³/mol. The van der Waals surface area contributed by atoms with Gasteiger partial charge in [0.1, 0.15) is 0 Å². The molecular formula is C2H2Cl4. The first-order chi connectivity index (χ1) is 2.94. The zero-order valence-corrected chi connectivity index (χ0v) is 5.61. The molecular weight excluding hydrogens is 166 g/mol. The van der Waals surface area contributed by atoms with Gasteiger partial charge >= 0.3 is 0 Å². The Kier molecular flexibility index (Phi) is 2.18. The lowest BCUT2D eigenvalue weighted by molar-refractivity contribution is 1.28. The number of rotatable bonds is 0. The fraction of sp³-hybridized carbons (Fsp3) is 1.00. The van der Waals surface area contributed by atoms with Gasteiger partial charge in [-0.05, 0) is 0 Å². The number of hydrogen-bond acceptors (Lipinski definition) is 0. The maximum Gasteiger partial charge on any atom is 0.203 e. The maximum atomic E-state index is 6.60. The zero-order valence-electron chi connectivity index (χ0n) is 3.59. The fourth-order valence-corrected chi connectivity index (χ4v) is 0. The van der Waals surface area contributed by atoms with Crippen LogP contribution < -0.4 is 0 Å². The summed E-state index contributed by atoms with van der Waals surface area (Å²) in [5.74, 6) is -1.18. The van der Waals surface area contributed by atoms with Crippen molar-refractivity contribution in [2.24, 2.45) is 0 Å². The van der Waals surface area contributed by atoms with Crippen molar-refractivity contribution in [1.82, 2.24) is 0 Å². The Hall–Kier alpha value is 1.16. The second kappa shape index (κ2) is 2.46. The molecule has 1 atom stereocenters. The highest BCUT2D eigenvalue weighted by atomic mass is 35.6. The minimum Gasteiger partial charge on any atom is -0.122 e. The van der Waals surface area contributed by atoms with Crippen molar-refractivity contribution in [3.63, 3.8) is 0 Å². The molecule has 0 heterocycles. The molecule has 4 heteroatoms. The van der Waals surface area contributed by atoms with Gasteiger partial charge in [0.05, 0.1) is 5.86 Å².